The van der Waals surface area contributed by atoms with Crippen LogP contribution in [0.2, 0.25) is 0 Å². The summed E-state index contributed by atoms with van der Waals surface area (Å²) in [6.07, 6.45) is 1.66. The largest absolute Gasteiger partial charge is 0.373 e. The molecule has 0 bridgehead atoms. The van der Waals surface area contributed by atoms with E-state index in [4.69, 9.17) is 0 Å². The van der Waals surface area contributed by atoms with Gasteiger partial charge < -0.3 is 5.32 Å². The smallest absolute Gasteiger partial charge is 0.262 e. The summed E-state index contributed by atoms with van der Waals surface area (Å²) in [4.78, 5) is 12.3. The molecule has 0 aliphatic carbocycles. The molecule has 1 atom stereocenters. The van der Waals surface area contributed by atoms with Crippen molar-refractivity contribution in [2.75, 3.05) is 5.32 Å². The highest BCUT2D eigenvalue weighted by Gasteiger charge is 2.12. The Bertz CT molecular complexity index is 912. The second-order valence-corrected chi connectivity index (χ2v) is 5.98. The van der Waals surface area contributed by atoms with Gasteiger partial charge in [0.1, 0.15) is 6.04 Å². The minimum absolute atomic E-state index is 0.183. The monoisotopic (exact) mass is 331 g/mol. The molecule has 0 saturated heterocycles. The van der Waals surface area contributed by atoms with Crippen molar-refractivity contribution in [3.8, 4) is 0 Å². The second kappa shape index (κ2) is 7.62. The van der Waals surface area contributed by atoms with E-state index >= 15 is 0 Å². The van der Waals surface area contributed by atoms with Crippen molar-refractivity contribution in [1.82, 2.24) is 5.43 Å². The second-order valence-electron chi connectivity index (χ2n) is 5.98. The summed E-state index contributed by atoms with van der Waals surface area (Å²) in [5, 5.41) is 9.55. The first-order valence-electron chi connectivity index (χ1n) is 8.28. The molecule has 0 spiro atoms. The van der Waals surface area contributed by atoms with Crippen molar-refractivity contribution < 1.29 is 4.79 Å². The highest BCUT2D eigenvalue weighted by molar-refractivity contribution is 5.96. The number of rotatable bonds is 5. The molecule has 126 valence electrons. The average Bonchev–Trinajstić information content (AvgIpc) is 2.63. The van der Waals surface area contributed by atoms with Gasteiger partial charge in [-0.3, -0.25) is 4.79 Å². The number of hydrogen-bond donors (Lipinski definition) is 2. The minimum atomic E-state index is -0.403. The van der Waals surface area contributed by atoms with Crippen LogP contribution in [-0.2, 0) is 4.79 Å². The fraction of sp³-hybridized carbons (Fsp3) is 0.143. The molecule has 3 aromatic carbocycles. The van der Waals surface area contributed by atoms with Crippen LogP contribution in [0.4, 0.5) is 5.69 Å². The number of nitrogens with zero attached hydrogens (tertiary/aromatic N) is 1. The lowest BCUT2D eigenvalue weighted by Gasteiger charge is -2.15. The van der Waals surface area contributed by atoms with E-state index in [9.17, 15) is 4.79 Å². The number of carbonyl (C=O) groups excluding carboxylic acids is 1. The van der Waals surface area contributed by atoms with Gasteiger partial charge in [0.25, 0.3) is 5.91 Å². The van der Waals surface area contributed by atoms with E-state index in [2.05, 4.69) is 28.0 Å². The van der Waals surface area contributed by atoms with Gasteiger partial charge in [0.05, 0.1) is 6.21 Å². The van der Waals surface area contributed by atoms with Crippen LogP contribution in [0.25, 0.3) is 10.8 Å². The summed E-state index contributed by atoms with van der Waals surface area (Å²) in [5.74, 6) is -0.183. The summed E-state index contributed by atoms with van der Waals surface area (Å²) >= 11 is 0. The Morgan fingerprint density at radius 1 is 1.00 bits per heavy atom. The van der Waals surface area contributed by atoms with Crippen LogP contribution >= 0.6 is 0 Å². The van der Waals surface area contributed by atoms with Crippen molar-refractivity contribution in [3.05, 3.63) is 77.9 Å². The zero-order valence-corrected chi connectivity index (χ0v) is 14.4. The van der Waals surface area contributed by atoms with Gasteiger partial charge in [-0.25, -0.2) is 5.43 Å². The zero-order chi connectivity index (χ0) is 17.6. The third kappa shape index (κ3) is 4.04. The quantitative estimate of drug-likeness (QED) is 0.546. The van der Waals surface area contributed by atoms with E-state index in [1.807, 2.05) is 68.4 Å². The van der Waals surface area contributed by atoms with Gasteiger partial charge in [-0.2, -0.15) is 5.10 Å². The number of fused-ring (bicyclic) bond motifs is 1. The Hall–Kier alpha value is -3.14. The van der Waals surface area contributed by atoms with Crippen molar-refractivity contribution in [3.63, 3.8) is 0 Å². The number of nitrogens with one attached hydrogen (secondary N) is 2. The fourth-order valence-electron chi connectivity index (χ4n) is 2.64. The predicted octanol–water partition coefficient (Wildman–Crippen LogP) is 4.10. The van der Waals surface area contributed by atoms with E-state index in [0.717, 1.165) is 27.6 Å². The molecular formula is C21H21N3O. The standard InChI is InChI=1S/C21H21N3O/c1-15-8-3-4-10-18(15)14-22-24-21(25)16(2)23-20-13-7-11-17-9-5-6-12-19(17)20/h3-14,16,23H,1-2H3,(H,24,25)/b22-14-/t16-/m0/s1. The highest BCUT2D eigenvalue weighted by Crippen LogP contribution is 2.23. The Morgan fingerprint density at radius 2 is 1.72 bits per heavy atom. The van der Waals surface area contributed by atoms with Crippen LogP contribution in [0.3, 0.4) is 0 Å². The summed E-state index contributed by atoms with van der Waals surface area (Å²) in [7, 11) is 0. The van der Waals surface area contributed by atoms with Crippen molar-refractivity contribution in [2.45, 2.75) is 19.9 Å². The van der Waals surface area contributed by atoms with E-state index in [0.29, 0.717) is 0 Å². The van der Waals surface area contributed by atoms with Gasteiger partial charge >= 0.3 is 0 Å². The molecule has 25 heavy (non-hydrogen) atoms. The minimum Gasteiger partial charge on any atom is -0.373 e. The molecule has 2 N–H and O–H groups in total. The first-order chi connectivity index (χ1) is 12.1. The normalized spacial score (nSPS) is 12.2. The van der Waals surface area contributed by atoms with Crippen molar-refractivity contribution in [2.24, 2.45) is 5.10 Å². The van der Waals surface area contributed by atoms with E-state index < -0.39 is 6.04 Å². The molecule has 0 heterocycles. The Labute approximate surface area is 147 Å². The maximum absolute atomic E-state index is 12.3. The first kappa shape index (κ1) is 16.7. The molecule has 4 nitrogen and oxygen atoms in total. The molecular weight excluding hydrogens is 310 g/mol. The molecule has 0 radical (unpaired) electrons. The molecule has 3 aromatic rings. The van der Waals surface area contributed by atoms with Crippen LogP contribution in [0, 0.1) is 6.92 Å². The van der Waals surface area contributed by atoms with E-state index in [1.165, 1.54) is 0 Å². The summed E-state index contributed by atoms with van der Waals surface area (Å²) in [6, 6.07) is 21.6. The van der Waals surface area contributed by atoms with Crippen LogP contribution in [-0.4, -0.2) is 18.2 Å². The number of anilines is 1. The van der Waals surface area contributed by atoms with Gasteiger partial charge in [0.15, 0.2) is 0 Å². The number of amides is 1. The summed E-state index contributed by atoms with van der Waals surface area (Å²) in [6.45, 7) is 3.83. The lowest BCUT2D eigenvalue weighted by Crippen LogP contribution is -2.34. The summed E-state index contributed by atoms with van der Waals surface area (Å²) in [5.41, 5.74) is 5.63. The third-order valence-corrected chi connectivity index (χ3v) is 4.12. The molecule has 0 aliphatic heterocycles. The average molecular weight is 331 g/mol. The predicted molar refractivity (Wildman–Crippen MR) is 104 cm³/mol. The van der Waals surface area contributed by atoms with Gasteiger partial charge in [-0.05, 0) is 36.4 Å². The van der Waals surface area contributed by atoms with Gasteiger partial charge in [-0.15, -0.1) is 0 Å². The van der Waals surface area contributed by atoms with E-state index in [-0.39, 0.29) is 5.91 Å². The fourth-order valence-corrected chi connectivity index (χ4v) is 2.64. The maximum Gasteiger partial charge on any atom is 0.262 e. The van der Waals surface area contributed by atoms with Crippen LogP contribution in [0.1, 0.15) is 18.1 Å². The molecule has 0 saturated carbocycles. The molecule has 0 unspecified atom stereocenters. The Kier molecular flexibility index (Phi) is 5.09. The molecule has 0 aromatic heterocycles. The molecule has 0 aliphatic rings. The number of aryl methyl sites for hydroxylation is 1. The number of hydrogen-bond acceptors (Lipinski definition) is 3. The Morgan fingerprint density at radius 3 is 2.56 bits per heavy atom. The third-order valence-electron chi connectivity index (χ3n) is 4.12. The number of carbonyl (C=O) groups is 1. The van der Waals surface area contributed by atoms with Crippen molar-refractivity contribution in [1.29, 1.82) is 0 Å². The molecule has 3 rings (SSSR count). The van der Waals surface area contributed by atoms with Crippen molar-refractivity contribution >= 4 is 28.6 Å². The van der Waals surface area contributed by atoms with Gasteiger partial charge in [-0.1, -0.05) is 60.7 Å². The van der Waals surface area contributed by atoms with Crippen LogP contribution < -0.4 is 10.7 Å². The molecule has 4 heteroatoms. The topological polar surface area (TPSA) is 53.5 Å². The maximum atomic E-state index is 12.3. The summed E-state index contributed by atoms with van der Waals surface area (Å²) < 4.78 is 0. The van der Waals surface area contributed by atoms with Gasteiger partial charge in [0, 0.05) is 11.1 Å². The zero-order valence-electron chi connectivity index (χ0n) is 14.4. The highest BCUT2D eigenvalue weighted by atomic mass is 16.2. The first-order valence-corrected chi connectivity index (χ1v) is 8.28. The lowest BCUT2D eigenvalue weighted by atomic mass is 10.1. The lowest BCUT2D eigenvalue weighted by molar-refractivity contribution is -0.121. The SMILES string of the molecule is Cc1ccccc1/C=N\NC(=O)[C@H](C)Nc1cccc2ccccc12. The van der Waals surface area contributed by atoms with E-state index in [1.54, 1.807) is 6.21 Å². The number of hydrazone groups is 1. The van der Waals surface area contributed by atoms with Gasteiger partial charge in [0.2, 0.25) is 0 Å². The Balaban J connectivity index is 1.65. The number of benzene rings is 3. The molecule has 0 fully saturated rings. The van der Waals surface area contributed by atoms with Crippen LogP contribution in [0.15, 0.2) is 71.8 Å². The van der Waals surface area contributed by atoms with Crippen LogP contribution in [0.5, 0.6) is 0 Å². The molecule has 1 amide bonds.